The lowest BCUT2D eigenvalue weighted by Gasteiger charge is -2.10. The highest BCUT2D eigenvalue weighted by Crippen LogP contribution is 2.27. The van der Waals surface area contributed by atoms with Crippen LogP contribution < -0.4 is 0 Å². The highest BCUT2D eigenvalue weighted by atomic mass is 16.3. The first-order valence-electron chi connectivity index (χ1n) is 6.50. The maximum Gasteiger partial charge on any atom is 0.193 e. The minimum Gasteiger partial charge on any atom is -0.392 e. The van der Waals surface area contributed by atoms with Crippen molar-refractivity contribution < 1.29 is 9.90 Å². The molecule has 0 aliphatic heterocycles. The summed E-state index contributed by atoms with van der Waals surface area (Å²) < 4.78 is 0. The lowest BCUT2D eigenvalue weighted by Crippen LogP contribution is -2.06. The number of H-pyrrole nitrogens is 1. The minimum atomic E-state index is -0.169. The number of aliphatic hydroxyl groups excluding tert-OH is 1. The number of benzene rings is 2. The Morgan fingerprint density at radius 1 is 1.10 bits per heavy atom. The van der Waals surface area contributed by atoms with E-state index in [9.17, 15) is 9.90 Å². The van der Waals surface area contributed by atoms with Gasteiger partial charge in [-0.1, -0.05) is 48.5 Å². The number of rotatable bonds is 4. The van der Waals surface area contributed by atoms with Crippen molar-refractivity contribution in [3.63, 3.8) is 0 Å². The lowest BCUT2D eigenvalue weighted by molar-refractivity contribution is 0.103. The van der Waals surface area contributed by atoms with Crippen molar-refractivity contribution in [1.29, 1.82) is 0 Å². The molecular formula is C16H13N3O2. The quantitative estimate of drug-likeness (QED) is 0.717. The van der Waals surface area contributed by atoms with Gasteiger partial charge in [-0.15, -0.1) is 0 Å². The lowest BCUT2D eigenvalue weighted by atomic mass is 9.93. The SMILES string of the molecule is O=C(c1ccccc1)c1cccc(CO)c1-c1cn[nH]n1. The average molecular weight is 279 g/mol. The minimum absolute atomic E-state index is 0.107. The maximum atomic E-state index is 12.7. The van der Waals surface area contributed by atoms with Crippen LogP contribution in [0.25, 0.3) is 11.3 Å². The molecule has 3 aromatic rings. The topological polar surface area (TPSA) is 78.9 Å². The van der Waals surface area contributed by atoms with Gasteiger partial charge in [0.05, 0.1) is 12.8 Å². The summed E-state index contributed by atoms with van der Waals surface area (Å²) in [6.07, 6.45) is 1.54. The van der Waals surface area contributed by atoms with E-state index >= 15 is 0 Å². The van der Waals surface area contributed by atoms with Crippen LogP contribution in [0.3, 0.4) is 0 Å². The molecule has 2 aromatic carbocycles. The van der Waals surface area contributed by atoms with Crippen LogP contribution >= 0.6 is 0 Å². The molecule has 0 spiro atoms. The molecule has 1 aromatic heterocycles. The molecule has 0 aliphatic carbocycles. The molecule has 1 heterocycles. The Morgan fingerprint density at radius 2 is 1.90 bits per heavy atom. The number of carbonyl (C=O) groups excluding carboxylic acids is 1. The van der Waals surface area contributed by atoms with Crippen LogP contribution in [-0.4, -0.2) is 26.3 Å². The van der Waals surface area contributed by atoms with Gasteiger partial charge in [-0.05, 0) is 5.56 Å². The number of ketones is 1. The number of aliphatic hydroxyl groups is 1. The summed E-state index contributed by atoms with van der Waals surface area (Å²) in [5, 5.41) is 19.9. The zero-order valence-corrected chi connectivity index (χ0v) is 11.2. The van der Waals surface area contributed by atoms with E-state index in [0.29, 0.717) is 27.9 Å². The normalized spacial score (nSPS) is 10.5. The predicted octanol–water partition coefficient (Wildman–Crippen LogP) is 2.19. The first kappa shape index (κ1) is 13.2. The van der Waals surface area contributed by atoms with Crippen molar-refractivity contribution in [3.8, 4) is 11.3 Å². The second kappa shape index (κ2) is 5.68. The van der Waals surface area contributed by atoms with E-state index in [-0.39, 0.29) is 12.4 Å². The molecule has 5 heteroatoms. The van der Waals surface area contributed by atoms with Crippen LogP contribution in [0.2, 0.25) is 0 Å². The zero-order chi connectivity index (χ0) is 14.7. The van der Waals surface area contributed by atoms with E-state index in [1.165, 1.54) is 6.20 Å². The van der Waals surface area contributed by atoms with Gasteiger partial charge in [-0.25, -0.2) is 0 Å². The Kier molecular flexibility index (Phi) is 3.57. The highest BCUT2D eigenvalue weighted by molar-refractivity contribution is 6.13. The Balaban J connectivity index is 2.17. The van der Waals surface area contributed by atoms with Gasteiger partial charge in [-0.3, -0.25) is 4.79 Å². The summed E-state index contributed by atoms with van der Waals surface area (Å²) in [6, 6.07) is 14.3. The van der Waals surface area contributed by atoms with E-state index in [1.54, 1.807) is 30.3 Å². The summed E-state index contributed by atoms with van der Waals surface area (Å²) in [4.78, 5) is 12.7. The molecule has 0 atom stereocenters. The Morgan fingerprint density at radius 3 is 2.57 bits per heavy atom. The average Bonchev–Trinajstić information content (AvgIpc) is 3.08. The van der Waals surface area contributed by atoms with Crippen molar-refractivity contribution in [3.05, 3.63) is 71.4 Å². The van der Waals surface area contributed by atoms with Crippen molar-refractivity contribution in [2.75, 3.05) is 0 Å². The molecule has 0 saturated heterocycles. The highest BCUT2D eigenvalue weighted by Gasteiger charge is 2.18. The molecule has 104 valence electrons. The van der Waals surface area contributed by atoms with Crippen LogP contribution in [-0.2, 0) is 6.61 Å². The Hall–Kier alpha value is -2.79. The number of aromatic amines is 1. The molecule has 0 radical (unpaired) electrons. The van der Waals surface area contributed by atoms with Crippen LogP contribution in [0, 0.1) is 0 Å². The fourth-order valence-electron chi connectivity index (χ4n) is 2.29. The fourth-order valence-corrected chi connectivity index (χ4v) is 2.29. The second-order valence-corrected chi connectivity index (χ2v) is 4.55. The summed E-state index contributed by atoms with van der Waals surface area (Å²) in [5.41, 5.74) is 2.89. The van der Waals surface area contributed by atoms with Gasteiger partial charge in [-0.2, -0.15) is 15.4 Å². The molecule has 3 rings (SSSR count). The van der Waals surface area contributed by atoms with E-state index < -0.39 is 0 Å². The molecule has 0 aliphatic rings. The van der Waals surface area contributed by atoms with Gasteiger partial charge in [0.25, 0.3) is 0 Å². The number of nitrogens with one attached hydrogen (secondary N) is 1. The summed E-state index contributed by atoms with van der Waals surface area (Å²) in [6.45, 7) is -0.169. The third-order valence-electron chi connectivity index (χ3n) is 3.27. The number of hydrogen-bond donors (Lipinski definition) is 2. The van der Waals surface area contributed by atoms with Crippen molar-refractivity contribution >= 4 is 5.78 Å². The van der Waals surface area contributed by atoms with Crippen molar-refractivity contribution in [2.24, 2.45) is 0 Å². The summed E-state index contributed by atoms with van der Waals surface area (Å²) in [5.74, 6) is -0.107. The van der Waals surface area contributed by atoms with Crippen LogP contribution in [0.5, 0.6) is 0 Å². The molecule has 0 unspecified atom stereocenters. The van der Waals surface area contributed by atoms with Gasteiger partial charge in [0.15, 0.2) is 5.78 Å². The fraction of sp³-hybridized carbons (Fsp3) is 0.0625. The zero-order valence-electron chi connectivity index (χ0n) is 11.2. The van der Waals surface area contributed by atoms with Gasteiger partial charge in [0.1, 0.15) is 5.69 Å². The predicted molar refractivity (Wildman–Crippen MR) is 77.6 cm³/mol. The molecule has 21 heavy (non-hydrogen) atoms. The van der Waals surface area contributed by atoms with Gasteiger partial charge in [0.2, 0.25) is 0 Å². The maximum absolute atomic E-state index is 12.7. The van der Waals surface area contributed by atoms with E-state index in [0.717, 1.165) is 0 Å². The number of nitrogens with zero attached hydrogens (tertiary/aromatic N) is 2. The summed E-state index contributed by atoms with van der Waals surface area (Å²) in [7, 11) is 0. The van der Waals surface area contributed by atoms with Crippen molar-refractivity contribution in [1.82, 2.24) is 15.4 Å². The Bertz CT molecular complexity index is 752. The van der Waals surface area contributed by atoms with E-state index in [2.05, 4.69) is 15.4 Å². The number of aromatic nitrogens is 3. The molecule has 0 saturated carbocycles. The molecule has 0 fully saturated rings. The molecule has 0 amide bonds. The standard InChI is InChI=1S/C16H13N3O2/c20-10-12-7-4-8-13(15(12)14-9-17-19-18-14)16(21)11-5-2-1-3-6-11/h1-9,20H,10H2,(H,17,18,19). The second-order valence-electron chi connectivity index (χ2n) is 4.55. The van der Waals surface area contributed by atoms with E-state index in [1.807, 2.05) is 18.2 Å². The smallest absolute Gasteiger partial charge is 0.193 e. The van der Waals surface area contributed by atoms with Crippen molar-refractivity contribution in [2.45, 2.75) is 6.61 Å². The Labute approximate surface area is 121 Å². The molecule has 5 nitrogen and oxygen atoms in total. The molecule has 0 bridgehead atoms. The van der Waals surface area contributed by atoms with Crippen LogP contribution in [0.1, 0.15) is 21.5 Å². The van der Waals surface area contributed by atoms with Gasteiger partial charge >= 0.3 is 0 Å². The van der Waals surface area contributed by atoms with Gasteiger partial charge in [0, 0.05) is 16.7 Å². The first-order chi connectivity index (χ1) is 10.3. The number of carbonyl (C=O) groups is 1. The van der Waals surface area contributed by atoms with Crippen LogP contribution in [0.15, 0.2) is 54.7 Å². The first-order valence-corrected chi connectivity index (χ1v) is 6.50. The number of hydrogen-bond acceptors (Lipinski definition) is 4. The molecular weight excluding hydrogens is 266 g/mol. The third-order valence-corrected chi connectivity index (χ3v) is 3.27. The summed E-state index contributed by atoms with van der Waals surface area (Å²) >= 11 is 0. The monoisotopic (exact) mass is 279 g/mol. The van der Waals surface area contributed by atoms with E-state index in [4.69, 9.17) is 0 Å². The van der Waals surface area contributed by atoms with Gasteiger partial charge < -0.3 is 5.11 Å². The molecule has 2 N–H and O–H groups in total. The third kappa shape index (κ3) is 2.46. The largest absolute Gasteiger partial charge is 0.392 e. The van der Waals surface area contributed by atoms with Crippen LogP contribution in [0.4, 0.5) is 0 Å².